The van der Waals surface area contributed by atoms with Crippen LogP contribution in [0.4, 0.5) is 4.79 Å². The Bertz CT molecular complexity index is 295. The quantitative estimate of drug-likeness (QED) is 0.694. The summed E-state index contributed by atoms with van der Waals surface area (Å²) in [5, 5.41) is 11.8. The van der Waals surface area contributed by atoms with E-state index in [1.807, 2.05) is 20.8 Å². The maximum atomic E-state index is 11.5. The van der Waals surface area contributed by atoms with E-state index in [1.165, 1.54) is 4.90 Å². The molecule has 0 saturated carbocycles. The summed E-state index contributed by atoms with van der Waals surface area (Å²) in [6, 6.07) is 2.15. The minimum absolute atomic E-state index is 0.358. The van der Waals surface area contributed by atoms with Crippen molar-refractivity contribution >= 4 is 6.09 Å². The van der Waals surface area contributed by atoms with Crippen molar-refractivity contribution in [3.8, 4) is 6.07 Å². The predicted molar refractivity (Wildman–Crippen MR) is 55.2 cm³/mol. The van der Waals surface area contributed by atoms with E-state index in [2.05, 4.69) is 11.4 Å². The molecule has 0 unspecified atom stereocenters. The molecule has 0 bridgehead atoms. The maximum absolute atomic E-state index is 11.5. The number of hydrogen-bond acceptors (Lipinski definition) is 4. The molecule has 1 rings (SSSR count). The van der Waals surface area contributed by atoms with E-state index in [0.29, 0.717) is 13.1 Å². The normalized spacial score (nSPS) is 19.0. The van der Waals surface area contributed by atoms with Crippen LogP contribution in [0.2, 0.25) is 0 Å². The smallest absolute Gasteiger partial charge is 0.410 e. The number of ether oxygens (including phenoxy) is 1. The van der Waals surface area contributed by atoms with Gasteiger partial charge in [0.2, 0.25) is 0 Å². The van der Waals surface area contributed by atoms with E-state index in [0.717, 1.165) is 0 Å². The molecule has 0 atom stereocenters. The number of nitrogens with one attached hydrogen (secondary N) is 1. The molecule has 1 aliphatic heterocycles. The highest BCUT2D eigenvalue weighted by Crippen LogP contribution is 2.22. The van der Waals surface area contributed by atoms with Gasteiger partial charge in [0.1, 0.15) is 11.1 Å². The average Bonchev–Trinajstić information content (AvgIpc) is 2.00. The van der Waals surface area contributed by atoms with Crippen molar-refractivity contribution in [2.45, 2.75) is 31.9 Å². The maximum Gasteiger partial charge on any atom is 0.410 e. The zero-order valence-corrected chi connectivity index (χ0v) is 9.63. The van der Waals surface area contributed by atoms with Crippen molar-refractivity contribution in [3.63, 3.8) is 0 Å². The fraction of sp³-hybridized carbons (Fsp3) is 0.800. The SMILES string of the molecule is CNC1(C#N)CN(C(=O)OC(C)(C)C)C1. The van der Waals surface area contributed by atoms with Crippen LogP contribution >= 0.6 is 0 Å². The van der Waals surface area contributed by atoms with E-state index in [1.54, 1.807) is 7.05 Å². The van der Waals surface area contributed by atoms with Gasteiger partial charge in [-0.25, -0.2) is 4.79 Å². The first-order valence-electron chi connectivity index (χ1n) is 4.90. The van der Waals surface area contributed by atoms with Crippen LogP contribution in [-0.4, -0.2) is 42.3 Å². The van der Waals surface area contributed by atoms with Crippen LogP contribution in [0.5, 0.6) is 0 Å². The topological polar surface area (TPSA) is 65.4 Å². The first-order valence-corrected chi connectivity index (χ1v) is 4.90. The minimum Gasteiger partial charge on any atom is -0.444 e. The van der Waals surface area contributed by atoms with Gasteiger partial charge in [0.05, 0.1) is 19.2 Å². The Hall–Kier alpha value is -1.28. The number of nitrogens with zero attached hydrogens (tertiary/aromatic N) is 2. The van der Waals surface area contributed by atoms with Gasteiger partial charge < -0.3 is 9.64 Å². The third kappa shape index (κ3) is 2.60. The van der Waals surface area contributed by atoms with Crippen molar-refractivity contribution in [2.75, 3.05) is 20.1 Å². The Morgan fingerprint density at radius 3 is 2.40 bits per heavy atom. The van der Waals surface area contributed by atoms with Gasteiger partial charge in [-0.3, -0.25) is 5.32 Å². The van der Waals surface area contributed by atoms with Crippen molar-refractivity contribution in [1.29, 1.82) is 5.26 Å². The highest BCUT2D eigenvalue weighted by atomic mass is 16.6. The van der Waals surface area contributed by atoms with Crippen LogP contribution in [0.25, 0.3) is 0 Å². The van der Waals surface area contributed by atoms with Gasteiger partial charge >= 0.3 is 6.09 Å². The van der Waals surface area contributed by atoms with E-state index in [-0.39, 0.29) is 6.09 Å². The lowest BCUT2D eigenvalue weighted by molar-refractivity contribution is -0.00365. The molecule has 1 N–H and O–H groups in total. The van der Waals surface area contributed by atoms with Gasteiger partial charge in [-0.2, -0.15) is 5.26 Å². The molecule has 0 radical (unpaired) electrons. The molecule has 15 heavy (non-hydrogen) atoms. The number of nitriles is 1. The summed E-state index contributed by atoms with van der Waals surface area (Å²) < 4.78 is 5.17. The summed E-state index contributed by atoms with van der Waals surface area (Å²) in [5.41, 5.74) is -1.07. The van der Waals surface area contributed by atoms with E-state index in [4.69, 9.17) is 10.00 Å². The molecule has 0 aromatic rings. The Balaban J connectivity index is 2.46. The Morgan fingerprint density at radius 1 is 1.53 bits per heavy atom. The first-order chi connectivity index (χ1) is 6.82. The van der Waals surface area contributed by atoms with Crippen molar-refractivity contribution < 1.29 is 9.53 Å². The molecule has 84 valence electrons. The van der Waals surface area contributed by atoms with Gasteiger partial charge in [-0.1, -0.05) is 0 Å². The monoisotopic (exact) mass is 211 g/mol. The van der Waals surface area contributed by atoms with E-state index in [9.17, 15) is 4.79 Å². The fourth-order valence-electron chi connectivity index (χ4n) is 1.35. The second kappa shape index (κ2) is 3.70. The first kappa shape index (κ1) is 11.8. The fourth-order valence-corrected chi connectivity index (χ4v) is 1.35. The zero-order chi connectivity index (χ0) is 11.7. The number of likely N-dealkylation sites (N-methyl/N-ethyl adjacent to an activating group) is 1. The third-order valence-corrected chi connectivity index (χ3v) is 2.27. The highest BCUT2D eigenvalue weighted by Gasteiger charge is 2.45. The average molecular weight is 211 g/mol. The molecule has 1 aliphatic rings. The Morgan fingerprint density at radius 2 is 2.07 bits per heavy atom. The molecule has 0 spiro atoms. The number of carbonyl (C=O) groups is 1. The Labute approximate surface area is 90.0 Å². The summed E-state index contributed by atoms with van der Waals surface area (Å²) in [4.78, 5) is 13.0. The molecule has 0 aromatic heterocycles. The second-order valence-electron chi connectivity index (χ2n) is 4.78. The second-order valence-corrected chi connectivity index (χ2v) is 4.78. The lowest BCUT2D eigenvalue weighted by Crippen LogP contribution is -2.69. The predicted octanol–water partition coefficient (Wildman–Crippen LogP) is 0.719. The summed E-state index contributed by atoms with van der Waals surface area (Å²) in [6.45, 7) is 6.23. The standard InChI is InChI=1S/C10H17N3O2/c1-9(2,3)15-8(14)13-6-10(5-11,7-13)12-4/h12H,6-7H2,1-4H3. The number of carbonyl (C=O) groups excluding carboxylic acids is 1. The highest BCUT2D eigenvalue weighted by molar-refractivity contribution is 5.70. The zero-order valence-electron chi connectivity index (χ0n) is 9.63. The molecule has 5 nitrogen and oxygen atoms in total. The summed E-state index contributed by atoms with van der Waals surface area (Å²) in [7, 11) is 1.72. The van der Waals surface area contributed by atoms with Crippen LogP contribution in [0.1, 0.15) is 20.8 Å². The van der Waals surface area contributed by atoms with Crippen molar-refractivity contribution in [3.05, 3.63) is 0 Å². The van der Waals surface area contributed by atoms with Gasteiger partial charge in [0, 0.05) is 0 Å². The van der Waals surface area contributed by atoms with E-state index >= 15 is 0 Å². The number of amides is 1. The van der Waals surface area contributed by atoms with Gasteiger partial charge in [-0.15, -0.1) is 0 Å². The molecule has 1 amide bonds. The van der Waals surface area contributed by atoms with Gasteiger partial charge in [-0.05, 0) is 27.8 Å². The van der Waals surface area contributed by atoms with E-state index < -0.39 is 11.1 Å². The number of hydrogen-bond donors (Lipinski definition) is 1. The summed E-state index contributed by atoms with van der Waals surface area (Å²) in [5.74, 6) is 0. The minimum atomic E-state index is -0.586. The molecule has 0 aliphatic carbocycles. The number of likely N-dealkylation sites (tertiary alicyclic amines) is 1. The summed E-state index contributed by atoms with van der Waals surface area (Å²) >= 11 is 0. The molecule has 0 aromatic carbocycles. The van der Waals surface area contributed by atoms with Crippen LogP contribution in [0.3, 0.4) is 0 Å². The molecular weight excluding hydrogens is 194 g/mol. The molecular formula is C10H17N3O2. The molecule has 1 heterocycles. The van der Waals surface area contributed by atoms with Crippen LogP contribution < -0.4 is 5.32 Å². The largest absolute Gasteiger partial charge is 0.444 e. The van der Waals surface area contributed by atoms with Crippen LogP contribution in [0, 0.1) is 11.3 Å². The summed E-state index contributed by atoms with van der Waals surface area (Å²) in [6.07, 6.45) is -0.358. The molecule has 1 saturated heterocycles. The molecule has 1 fully saturated rings. The Kier molecular flexibility index (Phi) is 2.91. The molecule has 5 heteroatoms. The lowest BCUT2D eigenvalue weighted by Gasteiger charge is -2.45. The van der Waals surface area contributed by atoms with Crippen molar-refractivity contribution in [2.24, 2.45) is 0 Å². The number of rotatable bonds is 1. The lowest BCUT2D eigenvalue weighted by atomic mass is 9.92. The van der Waals surface area contributed by atoms with Crippen LogP contribution in [-0.2, 0) is 4.74 Å². The third-order valence-electron chi connectivity index (χ3n) is 2.27. The van der Waals surface area contributed by atoms with Crippen molar-refractivity contribution in [1.82, 2.24) is 10.2 Å². The van der Waals surface area contributed by atoms with Gasteiger partial charge in [0.15, 0.2) is 0 Å². The van der Waals surface area contributed by atoms with Crippen LogP contribution in [0.15, 0.2) is 0 Å². The van der Waals surface area contributed by atoms with Gasteiger partial charge in [0.25, 0.3) is 0 Å².